The number of urea groups is 1. The smallest absolute Gasteiger partial charge is 0.319 e. The molecule has 0 atom stereocenters. The van der Waals surface area contributed by atoms with Crippen LogP contribution in [0.5, 0.6) is 0 Å². The van der Waals surface area contributed by atoms with Crippen molar-refractivity contribution in [3.05, 3.63) is 59.2 Å². The number of fused-ring (bicyclic) bond motifs is 3. The zero-order chi connectivity index (χ0) is 21.5. The maximum atomic E-state index is 12.3. The summed E-state index contributed by atoms with van der Waals surface area (Å²) in [5, 5.41) is 0.739. The lowest BCUT2D eigenvalue weighted by Crippen LogP contribution is -2.51. The van der Waals surface area contributed by atoms with Gasteiger partial charge in [0.15, 0.2) is 4.96 Å². The van der Waals surface area contributed by atoms with Crippen LogP contribution in [0.2, 0.25) is 5.02 Å². The fourth-order valence-electron chi connectivity index (χ4n) is 4.17. The van der Waals surface area contributed by atoms with E-state index >= 15 is 0 Å². The van der Waals surface area contributed by atoms with E-state index in [4.69, 9.17) is 16.6 Å². The normalized spacial score (nSPS) is 15.1. The minimum atomic E-state index is 0.0806. The van der Waals surface area contributed by atoms with Crippen LogP contribution < -0.4 is 0 Å². The third kappa shape index (κ3) is 3.78. The fourth-order valence-corrected chi connectivity index (χ4v) is 5.49. The molecule has 1 aliphatic rings. The Morgan fingerprint density at radius 3 is 2.55 bits per heavy atom. The molecule has 0 saturated carbocycles. The molecule has 8 heteroatoms. The molecule has 5 rings (SSSR count). The van der Waals surface area contributed by atoms with Crippen molar-refractivity contribution >= 4 is 44.1 Å². The van der Waals surface area contributed by atoms with Crippen LogP contribution in [0.4, 0.5) is 4.79 Å². The lowest BCUT2D eigenvalue weighted by Gasteiger charge is -2.35. The topological polar surface area (TPSA) is 44.1 Å². The summed E-state index contributed by atoms with van der Waals surface area (Å²) in [4.78, 5) is 24.3. The lowest BCUT2D eigenvalue weighted by atomic mass is 10.1. The highest BCUT2D eigenvalue weighted by Gasteiger charge is 2.25. The van der Waals surface area contributed by atoms with Gasteiger partial charge in [-0.05, 0) is 18.2 Å². The highest BCUT2D eigenvalue weighted by Crippen LogP contribution is 2.34. The third-order valence-corrected chi connectivity index (χ3v) is 6.99. The van der Waals surface area contributed by atoms with Crippen LogP contribution >= 0.6 is 22.9 Å². The van der Waals surface area contributed by atoms with Crippen molar-refractivity contribution in [1.29, 1.82) is 0 Å². The van der Waals surface area contributed by atoms with E-state index < -0.39 is 0 Å². The summed E-state index contributed by atoms with van der Waals surface area (Å²) in [7, 11) is 3.61. The molecule has 0 bridgehead atoms. The van der Waals surface area contributed by atoms with E-state index in [1.165, 1.54) is 5.69 Å². The SMILES string of the molecule is CN(C)C(=O)N1CCN(Cc2c(-c3ccccc3)nc3sc4cc(Cl)ccc4n23)CC1. The second-order valence-corrected chi connectivity index (χ2v) is 9.49. The van der Waals surface area contributed by atoms with Crippen molar-refractivity contribution in [2.45, 2.75) is 6.54 Å². The first kappa shape index (κ1) is 20.3. The number of benzene rings is 2. The van der Waals surface area contributed by atoms with Crippen molar-refractivity contribution < 1.29 is 4.79 Å². The van der Waals surface area contributed by atoms with Crippen molar-refractivity contribution in [2.75, 3.05) is 40.3 Å². The molecule has 6 nitrogen and oxygen atoms in total. The van der Waals surface area contributed by atoms with Gasteiger partial charge in [-0.25, -0.2) is 9.78 Å². The van der Waals surface area contributed by atoms with Gasteiger partial charge in [0, 0.05) is 57.4 Å². The number of nitrogens with zero attached hydrogens (tertiary/aromatic N) is 5. The number of rotatable bonds is 3. The average Bonchev–Trinajstić information content (AvgIpc) is 3.30. The van der Waals surface area contributed by atoms with Crippen LogP contribution in [0.1, 0.15) is 5.69 Å². The van der Waals surface area contributed by atoms with Crippen LogP contribution in [-0.4, -0.2) is 70.4 Å². The fraction of sp³-hybridized carbons (Fsp3) is 0.304. The first-order chi connectivity index (χ1) is 15.0. The van der Waals surface area contributed by atoms with Crippen molar-refractivity contribution in [2.24, 2.45) is 0 Å². The number of piperazine rings is 1. The summed E-state index contributed by atoms with van der Waals surface area (Å²) in [6.07, 6.45) is 0. The standard InChI is InChI=1S/C23H24ClN5OS/c1-26(2)23(30)28-12-10-27(11-13-28)15-19-21(16-6-4-3-5-7-16)25-22-29(19)18-9-8-17(24)14-20(18)31-22/h3-9,14H,10-13,15H2,1-2H3. The van der Waals surface area contributed by atoms with E-state index in [0.717, 1.165) is 64.2 Å². The molecule has 2 amide bonds. The van der Waals surface area contributed by atoms with Crippen LogP contribution in [0.25, 0.3) is 26.4 Å². The monoisotopic (exact) mass is 453 g/mol. The number of aromatic nitrogens is 2. The Labute approximate surface area is 190 Å². The molecule has 1 fully saturated rings. The highest BCUT2D eigenvalue weighted by atomic mass is 35.5. The highest BCUT2D eigenvalue weighted by molar-refractivity contribution is 7.23. The number of carbonyl (C=O) groups is 1. The van der Waals surface area contributed by atoms with E-state index in [0.29, 0.717) is 0 Å². The summed E-state index contributed by atoms with van der Waals surface area (Å²) >= 11 is 7.90. The van der Waals surface area contributed by atoms with Crippen molar-refractivity contribution in [3.8, 4) is 11.3 Å². The Kier molecular flexibility index (Phi) is 5.33. The summed E-state index contributed by atoms with van der Waals surface area (Å²) in [6, 6.07) is 16.5. The van der Waals surface area contributed by atoms with Crippen molar-refractivity contribution in [3.63, 3.8) is 0 Å². The molecule has 0 unspecified atom stereocenters. The van der Waals surface area contributed by atoms with Gasteiger partial charge in [0.25, 0.3) is 0 Å². The van der Waals surface area contributed by atoms with Crippen LogP contribution in [0.15, 0.2) is 48.5 Å². The van der Waals surface area contributed by atoms with Crippen LogP contribution in [-0.2, 0) is 6.54 Å². The molecule has 0 spiro atoms. The van der Waals surface area contributed by atoms with Gasteiger partial charge >= 0.3 is 6.03 Å². The largest absolute Gasteiger partial charge is 0.331 e. The van der Waals surface area contributed by atoms with Gasteiger partial charge in [-0.2, -0.15) is 0 Å². The summed E-state index contributed by atoms with van der Waals surface area (Å²) in [5.41, 5.74) is 4.46. The second-order valence-electron chi connectivity index (χ2n) is 8.05. The zero-order valence-corrected chi connectivity index (χ0v) is 19.2. The minimum Gasteiger partial charge on any atom is -0.331 e. The molecule has 160 valence electrons. The predicted octanol–water partition coefficient (Wildman–Crippen LogP) is 4.67. The molecule has 0 aliphatic carbocycles. The quantitative estimate of drug-likeness (QED) is 0.453. The molecule has 3 heterocycles. The Morgan fingerprint density at radius 2 is 1.84 bits per heavy atom. The van der Waals surface area contributed by atoms with E-state index in [2.05, 4.69) is 39.6 Å². The van der Waals surface area contributed by atoms with Crippen LogP contribution in [0, 0.1) is 0 Å². The maximum Gasteiger partial charge on any atom is 0.319 e. The molecule has 2 aromatic heterocycles. The molecular weight excluding hydrogens is 430 g/mol. The average molecular weight is 454 g/mol. The molecular formula is C23H24ClN5OS. The molecule has 4 aromatic rings. The first-order valence-electron chi connectivity index (χ1n) is 10.3. The van der Waals surface area contributed by atoms with Gasteiger partial charge in [0.2, 0.25) is 0 Å². The lowest BCUT2D eigenvalue weighted by molar-refractivity contribution is 0.119. The number of imidazole rings is 1. The third-order valence-electron chi connectivity index (χ3n) is 5.75. The molecule has 0 radical (unpaired) electrons. The second kappa shape index (κ2) is 8.15. The van der Waals surface area contributed by atoms with E-state index in [-0.39, 0.29) is 6.03 Å². The first-order valence-corrected chi connectivity index (χ1v) is 11.5. The summed E-state index contributed by atoms with van der Waals surface area (Å²) < 4.78 is 3.41. The van der Waals surface area contributed by atoms with E-state index in [1.807, 2.05) is 23.1 Å². The molecule has 0 N–H and O–H groups in total. The number of thiazole rings is 1. The van der Waals surface area contributed by atoms with Crippen molar-refractivity contribution in [1.82, 2.24) is 24.1 Å². The maximum absolute atomic E-state index is 12.3. The summed E-state index contributed by atoms with van der Waals surface area (Å²) in [5.74, 6) is 0. The minimum absolute atomic E-state index is 0.0806. The van der Waals surface area contributed by atoms with E-state index in [1.54, 1.807) is 30.3 Å². The number of carbonyl (C=O) groups excluding carboxylic acids is 1. The molecule has 31 heavy (non-hydrogen) atoms. The number of amides is 2. The number of hydrogen-bond donors (Lipinski definition) is 0. The molecule has 1 saturated heterocycles. The molecule has 2 aromatic carbocycles. The predicted molar refractivity (Wildman–Crippen MR) is 127 cm³/mol. The van der Waals surface area contributed by atoms with Gasteiger partial charge < -0.3 is 9.80 Å². The molecule has 1 aliphatic heterocycles. The number of hydrogen-bond acceptors (Lipinski definition) is 4. The van der Waals surface area contributed by atoms with Gasteiger partial charge in [-0.3, -0.25) is 9.30 Å². The Hall–Kier alpha value is -2.61. The van der Waals surface area contributed by atoms with Gasteiger partial charge in [-0.1, -0.05) is 53.3 Å². The summed E-state index contributed by atoms with van der Waals surface area (Å²) in [6.45, 7) is 3.94. The van der Waals surface area contributed by atoms with Gasteiger partial charge in [0.05, 0.1) is 21.6 Å². The Bertz CT molecular complexity index is 1240. The zero-order valence-electron chi connectivity index (χ0n) is 17.6. The Balaban J connectivity index is 1.52. The Morgan fingerprint density at radius 1 is 1.10 bits per heavy atom. The van der Waals surface area contributed by atoms with E-state index in [9.17, 15) is 4.79 Å². The number of halogens is 1. The van der Waals surface area contributed by atoms with Gasteiger partial charge in [0.1, 0.15) is 0 Å². The van der Waals surface area contributed by atoms with Crippen LogP contribution in [0.3, 0.4) is 0 Å². The van der Waals surface area contributed by atoms with Gasteiger partial charge in [-0.15, -0.1) is 0 Å².